The van der Waals surface area contributed by atoms with Gasteiger partial charge in [0, 0.05) is 17.5 Å². The van der Waals surface area contributed by atoms with Gasteiger partial charge >= 0.3 is 5.97 Å². The first-order valence-electron chi connectivity index (χ1n) is 5.72. The summed E-state index contributed by atoms with van der Waals surface area (Å²) < 4.78 is 0. The molecule has 0 aliphatic carbocycles. The minimum absolute atomic E-state index is 0.417. The van der Waals surface area contributed by atoms with Crippen LogP contribution in [0.25, 0.3) is 0 Å². The van der Waals surface area contributed by atoms with E-state index in [1.807, 2.05) is 6.07 Å². The van der Waals surface area contributed by atoms with E-state index < -0.39 is 5.97 Å². The smallest absolute Gasteiger partial charge is 0.345 e. The van der Waals surface area contributed by atoms with Crippen LogP contribution in [-0.4, -0.2) is 17.1 Å². The van der Waals surface area contributed by atoms with E-state index in [1.165, 1.54) is 24.2 Å². The summed E-state index contributed by atoms with van der Waals surface area (Å²) >= 11 is 1.35. The molecule has 0 amide bonds. The molecule has 90 valence electrons. The molecule has 3 nitrogen and oxygen atoms in total. The molecule has 0 saturated heterocycles. The molecule has 1 rings (SSSR count). The zero-order valence-corrected chi connectivity index (χ0v) is 10.6. The normalized spacial score (nSPS) is 12.6. The Morgan fingerprint density at radius 3 is 2.75 bits per heavy atom. The standard InChI is InChI=1S/C12H19NO2S/c1-3-5-9(4-2)13-8-10-6-7-11(16-10)12(14)15/h6-7,9,13H,3-5,8H2,1-2H3,(H,14,15). The van der Waals surface area contributed by atoms with Crippen LogP contribution >= 0.6 is 11.3 Å². The van der Waals surface area contributed by atoms with E-state index in [9.17, 15) is 4.79 Å². The highest BCUT2D eigenvalue weighted by Gasteiger charge is 2.08. The number of hydrogen-bond acceptors (Lipinski definition) is 3. The van der Waals surface area contributed by atoms with Crippen molar-refractivity contribution in [1.29, 1.82) is 0 Å². The average Bonchev–Trinajstić information content (AvgIpc) is 2.73. The monoisotopic (exact) mass is 241 g/mol. The van der Waals surface area contributed by atoms with Crippen LogP contribution < -0.4 is 5.32 Å². The summed E-state index contributed by atoms with van der Waals surface area (Å²) in [5.41, 5.74) is 0. The predicted molar refractivity (Wildman–Crippen MR) is 67.1 cm³/mol. The Bertz CT molecular complexity index is 336. The van der Waals surface area contributed by atoms with Crippen molar-refractivity contribution in [3.8, 4) is 0 Å². The fourth-order valence-corrected chi connectivity index (χ4v) is 2.43. The summed E-state index contributed by atoms with van der Waals surface area (Å²) in [6.45, 7) is 5.12. The van der Waals surface area contributed by atoms with Crippen molar-refractivity contribution >= 4 is 17.3 Å². The molecule has 16 heavy (non-hydrogen) atoms. The number of carboxylic acids is 1. The topological polar surface area (TPSA) is 49.3 Å². The zero-order valence-electron chi connectivity index (χ0n) is 9.82. The summed E-state index contributed by atoms with van der Waals surface area (Å²) in [5, 5.41) is 12.3. The van der Waals surface area contributed by atoms with Gasteiger partial charge in [0.1, 0.15) is 4.88 Å². The molecule has 2 N–H and O–H groups in total. The molecule has 0 aliphatic rings. The molecule has 1 heterocycles. The van der Waals surface area contributed by atoms with Gasteiger partial charge in [0.2, 0.25) is 0 Å². The molecular formula is C12H19NO2S. The minimum atomic E-state index is -0.836. The second kappa shape index (κ2) is 6.66. The molecule has 1 aromatic heterocycles. The lowest BCUT2D eigenvalue weighted by atomic mass is 10.1. The number of nitrogens with one attached hydrogen (secondary N) is 1. The van der Waals surface area contributed by atoms with Crippen molar-refractivity contribution in [2.75, 3.05) is 0 Å². The Hall–Kier alpha value is -0.870. The minimum Gasteiger partial charge on any atom is -0.477 e. The summed E-state index contributed by atoms with van der Waals surface area (Å²) in [6, 6.07) is 4.10. The Labute approximate surface area is 100 Å². The van der Waals surface area contributed by atoms with Crippen LogP contribution in [0.3, 0.4) is 0 Å². The van der Waals surface area contributed by atoms with Crippen LogP contribution in [0.15, 0.2) is 12.1 Å². The van der Waals surface area contributed by atoms with Crippen molar-refractivity contribution in [2.24, 2.45) is 0 Å². The molecule has 0 spiro atoms. The van der Waals surface area contributed by atoms with Crippen LogP contribution in [0.2, 0.25) is 0 Å². The van der Waals surface area contributed by atoms with Crippen LogP contribution in [0.1, 0.15) is 47.7 Å². The maximum absolute atomic E-state index is 10.7. The molecule has 0 saturated carbocycles. The first-order valence-corrected chi connectivity index (χ1v) is 6.54. The molecule has 1 aromatic rings. The molecule has 0 fully saturated rings. The number of carbonyl (C=O) groups is 1. The maximum Gasteiger partial charge on any atom is 0.345 e. The van der Waals surface area contributed by atoms with E-state index in [4.69, 9.17) is 5.11 Å². The second-order valence-corrected chi connectivity index (χ2v) is 5.01. The molecule has 1 atom stereocenters. The number of thiophene rings is 1. The highest BCUT2D eigenvalue weighted by Crippen LogP contribution is 2.16. The maximum atomic E-state index is 10.7. The second-order valence-electron chi connectivity index (χ2n) is 3.85. The summed E-state index contributed by atoms with van der Waals surface area (Å²) in [4.78, 5) is 12.2. The van der Waals surface area contributed by atoms with Crippen molar-refractivity contribution in [2.45, 2.75) is 45.7 Å². The number of hydrogen-bond donors (Lipinski definition) is 2. The van der Waals surface area contributed by atoms with Crippen molar-refractivity contribution in [3.63, 3.8) is 0 Å². The van der Waals surface area contributed by atoms with Gasteiger partial charge in [-0.1, -0.05) is 20.3 Å². The third-order valence-corrected chi connectivity index (χ3v) is 3.64. The fourth-order valence-electron chi connectivity index (χ4n) is 1.63. The van der Waals surface area contributed by atoms with Crippen LogP contribution in [0.5, 0.6) is 0 Å². The van der Waals surface area contributed by atoms with E-state index >= 15 is 0 Å². The van der Waals surface area contributed by atoms with Crippen LogP contribution in [-0.2, 0) is 6.54 Å². The van der Waals surface area contributed by atoms with Crippen molar-refractivity contribution in [3.05, 3.63) is 21.9 Å². The van der Waals surface area contributed by atoms with Crippen LogP contribution in [0.4, 0.5) is 0 Å². The number of carboxylic acid groups (broad SMARTS) is 1. The molecule has 1 unspecified atom stereocenters. The Kier molecular flexibility index (Phi) is 5.49. The third kappa shape index (κ3) is 3.94. The van der Waals surface area contributed by atoms with Gasteiger partial charge in [-0.15, -0.1) is 11.3 Å². The fraction of sp³-hybridized carbons (Fsp3) is 0.583. The lowest BCUT2D eigenvalue weighted by Gasteiger charge is -2.14. The predicted octanol–water partition coefficient (Wildman–Crippen LogP) is 3.11. The van der Waals surface area contributed by atoms with Gasteiger partial charge in [-0.25, -0.2) is 4.79 Å². The van der Waals surface area contributed by atoms with Gasteiger partial charge in [0.15, 0.2) is 0 Å². The first-order chi connectivity index (χ1) is 7.67. The molecular weight excluding hydrogens is 222 g/mol. The van der Waals surface area contributed by atoms with Gasteiger partial charge in [0.25, 0.3) is 0 Å². The zero-order chi connectivity index (χ0) is 12.0. The molecule has 0 radical (unpaired) electrons. The molecule has 0 aliphatic heterocycles. The highest BCUT2D eigenvalue weighted by atomic mass is 32.1. The lowest BCUT2D eigenvalue weighted by molar-refractivity contribution is 0.0702. The summed E-state index contributed by atoms with van der Waals surface area (Å²) in [7, 11) is 0. The van der Waals surface area contributed by atoms with Crippen molar-refractivity contribution in [1.82, 2.24) is 5.32 Å². The van der Waals surface area contributed by atoms with E-state index in [-0.39, 0.29) is 0 Å². The van der Waals surface area contributed by atoms with Crippen LogP contribution in [0, 0.1) is 0 Å². The average molecular weight is 241 g/mol. The first kappa shape index (κ1) is 13.2. The van der Waals surface area contributed by atoms with Gasteiger partial charge in [-0.2, -0.15) is 0 Å². The largest absolute Gasteiger partial charge is 0.477 e. The summed E-state index contributed by atoms with van der Waals surface area (Å²) in [5.74, 6) is -0.836. The molecule has 0 aromatic carbocycles. The number of rotatable bonds is 7. The third-order valence-electron chi connectivity index (χ3n) is 2.57. The van der Waals surface area contributed by atoms with Gasteiger partial charge in [-0.05, 0) is 25.0 Å². The Morgan fingerprint density at radius 1 is 1.50 bits per heavy atom. The SMILES string of the molecule is CCCC(CC)NCc1ccc(C(=O)O)s1. The molecule has 4 heteroatoms. The van der Waals surface area contributed by atoms with E-state index in [1.54, 1.807) is 6.07 Å². The van der Waals surface area contributed by atoms with Gasteiger partial charge in [0.05, 0.1) is 0 Å². The van der Waals surface area contributed by atoms with E-state index in [0.717, 1.165) is 17.8 Å². The number of aromatic carboxylic acids is 1. The van der Waals surface area contributed by atoms with Crippen molar-refractivity contribution < 1.29 is 9.90 Å². The quantitative estimate of drug-likeness (QED) is 0.771. The lowest BCUT2D eigenvalue weighted by Crippen LogP contribution is -2.27. The Balaban J connectivity index is 2.44. The highest BCUT2D eigenvalue weighted by molar-refractivity contribution is 7.13. The molecule has 0 bridgehead atoms. The van der Waals surface area contributed by atoms with E-state index in [2.05, 4.69) is 19.2 Å². The summed E-state index contributed by atoms with van der Waals surface area (Å²) in [6.07, 6.45) is 3.47. The van der Waals surface area contributed by atoms with Gasteiger partial charge < -0.3 is 10.4 Å². The van der Waals surface area contributed by atoms with E-state index in [0.29, 0.717) is 10.9 Å². The Morgan fingerprint density at radius 2 is 2.25 bits per heavy atom. The van der Waals surface area contributed by atoms with Gasteiger partial charge in [-0.3, -0.25) is 0 Å².